The first-order valence-electron chi connectivity index (χ1n) is 6.14. The summed E-state index contributed by atoms with van der Waals surface area (Å²) in [6.07, 6.45) is 0. The lowest BCUT2D eigenvalue weighted by atomic mass is 10.3. The number of halogens is 1. The second-order valence-electron chi connectivity index (χ2n) is 4.14. The van der Waals surface area contributed by atoms with Crippen molar-refractivity contribution in [2.75, 3.05) is 16.6 Å². The standard InChI is InChI=1S/C14H15ClN2O2S/c1-2-16-13-5-3-4-6-14(13)17-20(18,19)12-9-7-11(15)8-10-12/h3-10,16-17H,2H2,1H3. The minimum absolute atomic E-state index is 0.174. The third kappa shape index (κ3) is 3.43. The topological polar surface area (TPSA) is 58.2 Å². The van der Waals surface area contributed by atoms with E-state index in [0.717, 1.165) is 5.69 Å². The molecule has 0 saturated carbocycles. The first-order chi connectivity index (χ1) is 9.53. The molecule has 2 rings (SSSR count). The monoisotopic (exact) mass is 310 g/mol. The highest BCUT2D eigenvalue weighted by atomic mass is 35.5. The van der Waals surface area contributed by atoms with Crippen molar-refractivity contribution in [2.45, 2.75) is 11.8 Å². The van der Waals surface area contributed by atoms with Gasteiger partial charge in [-0.15, -0.1) is 0 Å². The Morgan fingerprint density at radius 2 is 1.60 bits per heavy atom. The molecule has 0 atom stereocenters. The summed E-state index contributed by atoms with van der Waals surface area (Å²) in [5.74, 6) is 0. The minimum atomic E-state index is -3.62. The van der Waals surface area contributed by atoms with Gasteiger partial charge in [0.15, 0.2) is 0 Å². The maximum absolute atomic E-state index is 12.3. The van der Waals surface area contributed by atoms with Crippen molar-refractivity contribution < 1.29 is 8.42 Å². The number of nitrogens with one attached hydrogen (secondary N) is 2. The highest BCUT2D eigenvalue weighted by Crippen LogP contribution is 2.24. The Bertz CT molecular complexity index is 685. The van der Waals surface area contributed by atoms with E-state index in [1.165, 1.54) is 12.1 Å². The second kappa shape index (κ2) is 6.15. The van der Waals surface area contributed by atoms with Gasteiger partial charge in [0.2, 0.25) is 0 Å². The molecular weight excluding hydrogens is 296 g/mol. The van der Waals surface area contributed by atoms with Crippen LogP contribution in [0.3, 0.4) is 0 Å². The lowest BCUT2D eigenvalue weighted by Crippen LogP contribution is -2.14. The Kier molecular flexibility index (Phi) is 4.52. The lowest BCUT2D eigenvalue weighted by Gasteiger charge is -2.13. The third-order valence-corrected chi connectivity index (χ3v) is 4.30. The molecular formula is C14H15ClN2O2S. The predicted molar refractivity (Wildman–Crippen MR) is 82.9 cm³/mol. The highest BCUT2D eigenvalue weighted by Gasteiger charge is 2.15. The summed E-state index contributed by atoms with van der Waals surface area (Å²) < 4.78 is 27.1. The maximum Gasteiger partial charge on any atom is 0.261 e. The predicted octanol–water partition coefficient (Wildman–Crippen LogP) is 3.57. The van der Waals surface area contributed by atoms with Gasteiger partial charge >= 0.3 is 0 Å². The Balaban J connectivity index is 2.31. The molecule has 2 aromatic rings. The quantitative estimate of drug-likeness (QED) is 0.887. The fourth-order valence-corrected chi connectivity index (χ4v) is 2.94. The zero-order valence-corrected chi connectivity index (χ0v) is 12.5. The van der Waals surface area contributed by atoms with Crippen LogP contribution in [0.25, 0.3) is 0 Å². The Hall–Kier alpha value is -1.72. The van der Waals surface area contributed by atoms with E-state index in [-0.39, 0.29) is 4.90 Å². The summed E-state index contributed by atoms with van der Waals surface area (Å²) >= 11 is 5.76. The molecule has 0 amide bonds. The normalized spacial score (nSPS) is 11.1. The van der Waals surface area contributed by atoms with Gasteiger partial charge in [-0.2, -0.15) is 0 Å². The molecule has 0 unspecified atom stereocenters. The van der Waals surface area contributed by atoms with Crippen molar-refractivity contribution in [3.63, 3.8) is 0 Å². The summed E-state index contributed by atoms with van der Waals surface area (Å²) in [4.78, 5) is 0.174. The smallest absolute Gasteiger partial charge is 0.261 e. The zero-order chi connectivity index (χ0) is 14.6. The van der Waals surface area contributed by atoms with Gasteiger partial charge in [-0.05, 0) is 43.3 Å². The molecule has 6 heteroatoms. The van der Waals surface area contributed by atoms with Crippen LogP contribution in [0.15, 0.2) is 53.4 Å². The van der Waals surface area contributed by atoms with Gasteiger partial charge in [-0.1, -0.05) is 23.7 Å². The van der Waals surface area contributed by atoms with E-state index < -0.39 is 10.0 Å². The summed E-state index contributed by atoms with van der Waals surface area (Å²) in [5, 5.41) is 3.61. The molecule has 0 aliphatic carbocycles. The molecule has 0 spiro atoms. The SMILES string of the molecule is CCNc1ccccc1NS(=O)(=O)c1ccc(Cl)cc1. The number of anilines is 2. The van der Waals surface area contributed by atoms with E-state index in [1.54, 1.807) is 24.3 Å². The summed E-state index contributed by atoms with van der Waals surface area (Å²) in [6.45, 7) is 2.66. The third-order valence-electron chi connectivity index (χ3n) is 2.66. The van der Waals surface area contributed by atoms with Gasteiger partial charge in [-0.3, -0.25) is 4.72 Å². The van der Waals surface area contributed by atoms with Gasteiger partial charge < -0.3 is 5.32 Å². The van der Waals surface area contributed by atoms with Crippen LogP contribution in [0.4, 0.5) is 11.4 Å². The zero-order valence-electron chi connectivity index (χ0n) is 10.9. The number of rotatable bonds is 5. The van der Waals surface area contributed by atoms with Gasteiger partial charge in [0.1, 0.15) is 0 Å². The Morgan fingerprint density at radius 1 is 1.00 bits per heavy atom. The summed E-state index contributed by atoms with van der Waals surface area (Å²) in [7, 11) is -3.62. The van der Waals surface area contributed by atoms with E-state index in [2.05, 4.69) is 10.0 Å². The molecule has 2 N–H and O–H groups in total. The van der Waals surface area contributed by atoms with E-state index in [1.807, 2.05) is 19.1 Å². The van der Waals surface area contributed by atoms with Crippen LogP contribution in [0.2, 0.25) is 5.02 Å². The summed E-state index contributed by atoms with van der Waals surface area (Å²) in [6, 6.07) is 13.2. The first kappa shape index (κ1) is 14.7. The van der Waals surface area contributed by atoms with Crippen molar-refractivity contribution in [3.8, 4) is 0 Å². The average molecular weight is 311 g/mol. The van der Waals surface area contributed by atoms with Crippen LogP contribution in [-0.2, 0) is 10.0 Å². The number of hydrogen-bond acceptors (Lipinski definition) is 3. The Morgan fingerprint density at radius 3 is 2.20 bits per heavy atom. The fourth-order valence-electron chi connectivity index (χ4n) is 1.73. The molecule has 4 nitrogen and oxygen atoms in total. The maximum atomic E-state index is 12.3. The highest BCUT2D eigenvalue weighted by molar-refractivity contribution is 7.92. The number of hydrogen-bond donors (Lipinski definition) is 2. The molecule has 20 heavy (non-hydrogen) atoms. The molecule has 0 aliphatic heterocycles. The van der Waals surface area contributed by atoms with Crippen LogP contribution in [0.5, 0.6) is 0 Å². The van der Waals surface area contributed by atoms with Crippen LogP contribution in [0, 0.1) is 0 Å². The molecule has 106 valence electrons. The lowest BCUT2D eigenvalue weighted by molar-refractivity contribution is 0.601. The molecule has 2 aromatic carbocycles. The molecule has 0 aromatic heterocycles. The van der Waals surface area contributed by atoms with Crippen molar-refractivity contribution in [1.82, 2.24) is 0 Å². The second-order valence-corrected chi connectivity index (χ2v) is 6.25. The van der Waals surface area contributed by atoms with Crippen molar-refractivity contribution in [3.05, 3.63) is 53.6 Å². The summed E-state index contributed by atoms with van der Waals surface area (Å²) in [5.41, 5.74) is 1.26. The van der Waals surface area contributed by atoms with Crippen molar-refractivity contribution >= 4 is 33.0 Å². The fraction of sp³-hybridized carbons (Fsp3) is 0.143. The molecule has 0 saturated heterocycles. The average Bonchev–Trinajstić information content (AvgIpc) is 2.41. The minimum Gasteiger partial charge on any atom is -0.384 e. The molecule has 0 fully saturated rings. The number of benzene rings is 2. The molecule has 0 heterocycles. The van der Waals surface area contributed by atoms with Crippen molar-refractivity contribution in [2.24, 2.45) is 0 Å². The molecule has 0 aliphatic rings. The van der Waals surface area contributed by atoms with Crippen LogP contribution >= 0.6 is 11.6 Å². The van der Waals surface area contributed by atoms with E-state index in [0.29, 0.717) is 17.3 Å². The van der Waals surface area contributed by atoms with Crippen molar-refractivity contribution in [1.29, 1.82) is 0 Å². The number of para-hydroxylation sites is 2. The van der Waals surface area contributed by atoms with Crippen LogP contribution in [0.1, 0.15) is 6.92 Å². The largest absolute Gasteiger partial charge is 0.384 e. The van der Waals surface area contributed by atoms with Gasteiger partial charge in [0.25, 0.3) is 10.0 Å². The molecule has 0 bridgehead atoms. The first-order valence-corrected chi connectivity index (χ1v) is 8.00. The van der Waals surface area contributed by atoms with E-state index >= 15 is 0 Å². The van der Waals surface area contributed by atoms with Crippen LogP contribution < -0.4 is 10.0 Å². The number of sulfonamides is 1. The van der Waals surface area contributed by atoms with Crippen LogP contribution in [-0.4, -0.2) is 15.0 Å². The van der Waals surface area contributed by atoms with Gasteiger partial charge in [0, 0.05) is 11.6 Å². The molecule has 0 radical (unpaired) electrons. The van der Waals surface area contributed by atoms with E-state index in [9.17, 15) is 8.42 Å². The van der Waals surface area contributed by atoms with E-state index in [4.69, 9.17) is 11.6 Å². The van der Waals surface area contributed by atoms with Gasteiger partial charge in [-0.25, -0.2) is 8.42 Å². The van der Waals surface area contributed by atoms with Gasteiger partial charge in [0.05, 0.1) is 16.3 Å². The Labute approximate surface area is 123 Å².